The topological polar surface area (TPSA) is 27.1 Å². The molecule has 96 valence electrons. The Bertz CT molecular complexity index is 595. The van der Waals surface area contributed by atoms with Gasteiger partial charge in [-0.15, -0.1) is 0 Å². The van der Waals surface area contributed by atoms with Crippen molar-refractivity contribution in [3.63, 3.8) is 0 Å². The number of ether oxygens (including phenoxy) is 1. The summed E-state index contributed by atoms with van der Waals surface area (Å²) in [5.41, 5.74) is 0.798. The van der Waals surface area contributed by atoms with Gasteiger partial charge in [0.2, 0.25) is 0 Å². The normalized spacial score (nSPS) is 20.5. The smallest absolute Gasteiger partial charge is 0.150 e. The summed E-state index contributed by atoms with van der Waals surface area (Å²) in [5, 5.41) is 5.00. The number of fused-ring (bicyclic) bond motifs is 1. The van der Waals surface area contributed by atoms with Crippen molar-refractivity contribution in [2.45, 2.75) is 25.5 Å². The maximum absolute atomic E-state index is 14.1. The van der Waals surface area contributed by atoms with Crippen LogP contribution in [0.15, 0.2) is 16.6 Å². The van der Waals surface area contributed by atoms with Crippen LogP contribution in [-0.4, -0.2) is 16.4 Å². The van der Waals surface area contributed by atoms with E-state index >= 15 is 0 Å². The first-order chi connectivity index (χ1) is 8.68. The summed E-state index contributed by atoms with van der Waals surface area (Å²) in [6, 6.07) is 3.60. The van der Waals surface area contributed by atoms with Crippen molar-refractivity contribution in [2.75, 3.05) is 6.61 Å². The molecule has 3 rings (SSSR count). The largest absolute Gasteiger partial charge is 0.356 e. The van der Waals surface area contributed by atoms with Gasteiger partial charge in [-0.05, 0) is 69.9 Å². The van der Waals surface area contributed by atoms with Crippen LogP contribution in [0, 0.1) is 9.52 Å². The third-order valence-electron chi connectivity index (χ3n) is 3.15. The summed E-state index contributed by atoms with van der Waals surface area (Å²) < 4.78 is 22.8. The molecule has 1 aromatic heterocycles. The number of rotatable bonds is 1. The molecule has 1 aromatic carbocycles. The van der Waals surface area contributed by atoms with Crippen LogP contribution in [0.4, 0.5) is 4.39 Å². The van der Waals surface area contributed by atoms with Gasteiger partial charge in [0.05, 0.1) is 15.4 Å². The van der Waals surface area contributed by atoms with E-state index in [9.17, 15) is 4.39 Å². The highest BCUT2D eigenvalue weighted by molar-refractivity contribution is 14.1. The Labute approximate surface area is 126 Å². The van der Waals surface area contributed by atoms with Gasteiger partial charge in [-0.1, -0.05) is 0 Å². The highest BCUT2D eigenvalue weighted by Gasteiger charge is 2.22. The average molecular weight is 425 g/mol. The number of hydrogen-bond donors (Lipinski definition) is 0. The van der Waals surface area contributed by atoms with Crippen LogP contribution in [0.25, 0.3) is 10.9 Å². The fourth-order valence-corrected chi connectivity index (χ4v) is 3.34. The van der Waals surface area contributed by atoms with Gasteiger partial charge >= 0.3 is 0 Å². The Morgan fingerprint density at radius 1 is 1.44 bits per heavy atom. The predicted octanol–water partition coefficient (Wildman–Crippen LogP) is 4.24. The highest BCUT2D eigenvalue weighted by atomic mass is 127. The summed E-state index contributed by atoms with van der Waals surface area (Å²) in [6.07, 6.45) is 3.09. The molecule has 2 aromatic rings. The van der Waals surface area contributed by atoms with E-state index < -0.39 is 0 Å². The molecule has 6 heteroatoms. The van der Waals surface area contributed by atoms with Gasteiger partial charge in [0, 0.05) is 6.61 Å². The summed E-state index contributed by atoms with van der Waals surface area (Å²) >= 11 is 5.28. The minimum Gasteiger partial charge on any atom is -0.356 e. The van der Waals surface area contributed by atoms with Crippen LogP contribution in [0.2, 0.25) is 0 Å². The van der Waals surface area contributed by atoms with E-state index in [-0.39, 0.29) is 12.0 Å². The van der Waals surface area contributed by atoms with Crippen LogP contribution in [0.5, 0.6) is 0 Å². The first-order valence-corrected chi connectivity index (χ1v) is 7.69. The molecule has 0 saturated carbocycles. The number of halogens is 3. The maximum Gasteiger partial charge on any atom is 0.150 e. The summed E-state index contributed by atoms with van der Waals surface area (Å²) in [6.45, 7) is 0.752. The van der Waals surface area contributed by atoms with Gasteiger partial charge in [0.15, 0.2) is 6.23 Å². The number of hydrogen-bond acceptors (Lipinski definition) is 2. The molecule has 1 saturated heterocycles. The molecule has 3 nitrogen and oxygen atoms in total. The van der Waals surface area contributed by atoms with Crippen molar-refractivity contribution in [1.82, 2.24) is 9.78 Å². The van der Waals surface area contributed by atoms with Crippen molar-refractivity contribution in [3.8, 4) is 0 Å². The summed E-state index contributed by atoms with van der Waals surface area (Å²) in [7, 11) is 0. The molecule has 0 N–H and O–H groups in total. The molecule has 1 fully saturated rings. The van der Waals surface area contributed by atoms with E-state index in [0.717, 1.165) is 31.4 Å². The van der Waals surface area contributed by atoms with E-state index in [2.05, 4.69) is 43.6 Å². The molecule has 1 aliphatic heterocycles. The van der Waals surface area contributed by atoms with Gasteiger partial charge in [-0.3, -0.25) is 0 Å². The van der Waals surface area contributed by atoms with E-state index in [1.165, 1.54) is 0 Å². The highest BCUT2D eigenvalue weighted by Crippen LogP contribution is 2.32. The second-order valence-corrected chi connectivity index (χ2v) is 6.19. The minimum atomic E-state index is -0.251. The molecule has 0 amide bonds. The van der Waals surface area contributed by atoms with Gasteiger partial charge in [0.25, 0.3) is 0 Å². The van der Waals surface area contributed by atoms with Gasteiger partial charge in [-0.2, -0.15) is 5.10 Å². The molecule has 1 aliphatic rings. The Balaban J connectivity index is 2.16. The van der Waals surface area contributed by atoms with Gasteiger partial charge < -0.3 is 4.74 Å². The monoisotopic (exact) mass is 424 g/mol. The Morgan fingerprint density at radius 2 is 2.28 bits per heavy atom. The Hall–Kier alpha value is -0.210. The van der Waals surface area contributed by atoms with Crippen LogP contribution in [-0.2, 0) is 4.74 Å². The van der Waals surface area contributed by atoms with Gasteiger partial charge in [-0.25, -0.2) is 9.07 Å². The molecule has 1 unspecified atom stereocenters. The Morgan fingerprint density at radius 3 is 3.00 bits per heavy atom. The third kappa shape index (κ3) is 2.08. The SMILES string of the molecule is Fc1c(Br)ccc2c1c(I)nn2C1CCCCO1. The van der Waals surface area contributed by atoms with Crippen LogP contribution in [0.3, 0.4) is 0 Å². The van der Waals surface area contributed by atoms with E-state index in [4.69, 9.17) is 4.74 Å². The van der Waals surface area contributed by atoms with E-state index in [1.54, 1.807) is 6.07 Å². The number of nitrogens with zero attached hydrogens (tertiary/aromatic N) is 2. The molecule has 0 radical (unpaired) electrons. The van der Waals surface area contributed by atoms with Crippen LogP contribution >= 0.6 is 38.5 Å². The zero-order valence-corrected chi connectivity index (χ0v) is 13.2. The molecule has 2 heterocycles. The lowest BCUT2D eigenvalue weighted by atomic mass is 10.2. The molecule has 0 spiro atoms. The second kappa shape index (κ2) is 5.05. The van der Waals surface area contributed by atoms with E-state index in [0.29, 0.717) is 13.6 Å². The lowest BCUT2D eigenvalue weighted by Gasteiger charge is -2.23. The number of benzene rings is 1. The zero-order valence-electron chi connectivity index (χ0n) is 9.50. The third-order valence-corrected chi connectivity index (χ3v) is 4.52. The molecule has 0 aliphatic carbocycles. The van der Waals surface area contributed by atoms with Gasteiger partial charge in [0.1, 0.15) is 9.52 Å². The van der Waals surface area contributed by atoms with Crippen LogP contribution in [0.1, 0.15) is 25.5 Å². The van der Waals surface area contributed by atoms with Crippen molar-refractivity contribution in [3.05, 3.63) is 26.1 Å². The molecule has 0 bridgehead atoms. The van der Waals surface area contributed by atoms with Crippen molar-refractivity contribution < 1.29 is 9.13 Å². The van der Waals surface area contributed by atoms with E-state index in [1.807, 2.05) is 10.7 Å². The summed E-state index contributed by atoms with van der Waals surface area (Å²) in [5.74, 6) is -0.251. The van der Waals surface area contributed by atoms with Crippen molar-refractivity contribution in [2.24, 2.45) is 0 Å². The summed E-state index contributed by atoms with van der Waals surface area (Å²) in [4.78, 5) is 0. The second-order valence-electron chi connectivity index (χ2n) is 4.31. The minimum absolute atomic E-state index is 0.0645. The molecular weight excluding hydrogens is 414 g/mol. The first kappa shape index (κ1) is 12.8. The lowest BCUT2D eigenvalue weighted by molar-refractivity contribution is -0.0368. The Kier molecular flexibility index (Phi) is 3.59. The molecule has 1 atom stereocenters. The standard InChI is InChI=1S/C12H11BrFIN2O/c13-7-4-5-8-10(11(7)14)12(15)16-17(8)9-3-1-2-6-18-9/h4-5,9H,1-3,6H2. The lowest BCUT2D eigenvalue weighted by Crippen LogP contribution is -2.19. The fraction of sp³-hybridized carbons (Fsp3) is 0.417. The van der Waals surface area contributed by atoms with Crippen molar-refractivity contribution in [1.29, 1.82) is 0 Å². The van der Waals surface area contributed by atoms with Crippen molar-refractivity contribution >= 4 is 49.4 Å². The number of aromatic nitrogens is 2. The average Bonchev–Trinajstić information content (AvgIpc) is 2.73. The predicted molar refractivity (Wildman–Crippen MR) is 78.9 cm³/mol. The first-order valence-electron chi connectivity index (χ1n) is 5.82. The molecule has 18 heavy (non-hydrogen) atoms. The zero-order chi connectivity index (χ0) is 12.7. The fourth-order valence-electron chi connectivity index (χ4n) is 2.26. The maximum atomic E-state index is 14.1. The van der Waals surface area contributed by atoms with Crippen LogP contribution < -0.4 is 0 Å². The molecular formula is C12H11BrFIN2O. The quantitative estimate of drug-likeness (QED) is 0.640.